The van der Waals surface area contributed by atoms with Crippen molar-refractivity contribution in [3.8, 4) is 11.5 Å². The van der Waals surface area contributed by atoms with Crippen molar-refractivity contribution in [3.05, 3.63) is 82.7 Å². The minimum Gasteiger partial charge on any atom is -0.486 e. The number of hydrogen-bond donors (Lipinski definition) is 0. The molecule has 0 amide bonds. The highest BCUT2D eigenvalue weighted by molar-refractivity contribution is 6.00. The van der Waals surface area contributed by atoms with Crippen molar-refractivity contribution >= 4 is 11.8 Å². The Hall–Kier alpha value is -3.54. The molecular weight excluding hydrogens is 418 g/mol. The maximum Gasteiger partial charge on any atom is 0.338 e. The van der Waals surface area contributed by atoms with Gasteiger partial charge in [0.1, 0.15) is 6.61 Å². The lowest BCUT2D eigenvalue weighted by Gasteiger charge is -2.27. The van der Waals surface area contributed by atoms with Crippen LogP contribution >= 0.6 is 0 Å². The van der Waals surface area contributed by atoms with Crippen LogP contribution in [-0.2, 0) is 11.3 Å². The van der Waals surface area contributed by atoms with E-state index in [-0.39, 0.29) is 18.5 Å². The van der Waals surface area contributed by atoms with Gasteiger partial charge in [-0.15, -0.1) is 0 Å². The Balaban J connectivity index is 1.39. The van der Waals surface area contributed by atoms with E-state index >= 15 is 0 Å². The standard InChI is InChI=1S/C27H29NO5/c1-17(2)20-9-11-21(12-10-20)27(30)32-16-24(29)23-13-18(3)28(19(23)4)14-22-15-31-25-7-5-6-8-26(25)33-22/h5-13,17,22H,14-16H2,1-4H3. The minimum atomic E-state index is -0.501. The molecule has 6 heteroatoms. The molecule has 172 valence electrons. The molecule has 33 heavy (non-hydrogen) atoms. The molecule has 4 rings (SSSR count). The first-order valence-electron chi connectivity index (χ1n) is 11.2. The second-order valence-corrected chi connectivity index (χ2v) is 8.67. The predicted octanol–water partition coefficient (Wildman–Crippen LogP) is 5.11. The van der Waals surface area contributed by atoms with E-state index in [1.165, 1.54) is 0 Å². The predicted molar refractivity (Wildman–Crippen MR) is 125 cm³/mol. The molecule has 1 aromatic heterocycles. The van der Waals surface area contributed by atoms with Crippen LogP contribution in [0.3, 0.4) is 0 Å². The van der Waals surface area contributed by atoms with Crippen LogP contribution < -0.4 is 9.47 Å². The molecule has 0 aliphatic carbocycles. The lowest BCUT2D eigenvalue weighted by molar-refractivity contribution is 0.0474. The third-order valence-corrected chi connectivity index (χ3v) is 5.98. The number of Topliss-reactive ketones (excluding diaryl/α,β-unsaturated/α-hetero) is 1. The van der Waals surface area contributed by atoms with Crippen molar-refractivity contribution in [2.75, 3.05) is 13.2 Å². The Bertz CT molecular complexity index is 1160. The molecule has 3 aromatic rings. The van der Waals surface area contributed by atoms with Crippen LogP contribution in [0.1, 0.15) is 57.4 Å². The van der Waals surface area contributed by atoms with Crippen LogP contribution in [0.25, 0.3) is 0 Å². The van der Waals surface area contributed by atoms with Crippen LogP contribution in [0.4, 0.5) is 0 Å². The number of benzene rings is 2. The Kier molecular flexibility index (Phi) is 6.54. The molecule has 6 nitrogen and oxygen atoms in total. The van der Waals surface area contributed by atoms with Crippen molar-refractivity contribution in [2.45, 2.75) is 46.3 Å². The molecule has 2 aromatic carbocycles. The molecular formula is C27H29NO5. The second-order valence-electron chi connectivity index (χ2n) is 8.67. The maximum atomic E-state index is 12.8. The summed E-state index contributed by atoms with van der Waals surface area (Å²) in [6.45, 7) is 8.72. The SMILES string of the molecule is Cc1cc(C(=O)COC(=O)c2ccc(C(C)C)cc2)c(C)n1CC1COc2ccccc2O1. The highest BCUT2D eigenvalue weighted by atomic mass is 16.6. The summed E-state index contributed by atoms with van der Waals surface area (Å²) in [5.41, 5.74) is 3.89. The zero-order valence-corrected chi connectivity index (χ0v) is 19.5. The summed E-state index contributed by atoms with van der Waals surface area (Å²) in [6, 6.07) is 16.7. The van der Waals surface area contributed by atoms with Crippen LogP contribution in [0.5, 0.6) is 11.5 Å². The Morgan fingerprint density at radius 3 is 2.45 bits per heavy atom. The van der Waals surface area contributed by atoms with Gasteiger partial charge in [-0.3, -0.25) is 4.79 Å². The molecule has 1 aliphatic rings. The molecule has 1 atom stereocenters. The normalized spacial score (nSPS) is 14.9. The highest BCUT2D eigenvalue weighted by Gasteiger charge is 2.24. The van der Waals surface area contributed by atoms with Gasteiger partial charge in [0.2, 0.25) is 5.78 Å². The van der Waals surface area contributed by atoms with Gasteiger partial charge in [-0.2, -0.15) is 0 Å². The summed E-state index contributed by atoms with van der Waals surface area (Å²) < 4.78 is 19.2. The number of aromatic nitrogens is 1. The van der Waals surface area contributed by atoms with Crippen LogP contribution in [0, 0.1) is 13.8 Å². The van der Waals surface area contributed by atoms with Gasteiger partial charge >= 0.3 is 5.97 Å². The van der Waals surface area contributed by atoms with Crippen molar-refractivity contribution < 1.29 is 23.8 Å². The Labute approximate surface area is 194 Å². The second kappa shape index (κ2) is 9.53. The fraction of sp³-hybridized carbons (Fsp3) is 0.333. The van der Waals surface area contributed by atoms with E-state index in [0.29, 0.717) is 30.2 Å². The van der Waals surface area contributed by atoms with Gasteiger partial charge in [0.05, 0.1) is 12.1 Å². The van der Waals surface area contributed by atoms with E-state index in [2.05, 4.69) is 13.8 Å². The number of nitrogens with zero attached hydrogens (tertiary/aromatic N) is 1. The average Bonchev–Trinajstić information content (AvgIpc) is 3.10. The molecule has 0 radical (unpaired) electrons. The zero-order chi connectivity index (χ0) is 23.5. The third kappa shape index (κ3) is 4.95. The van der Waals surface area contributed by atoms with Gasteiger partial charge in [-0.1, -0.05) is 38.1 Å². The fourth-order valence-electron chi connectivity index (χ4n) is 4.02. The number of rotatable bonds is 7. The number of carbonyl (C=O) groups excluding carboxylic acids is 2. The van der Waals surface area contributed by atoms with Gasteiger partial charge in [0.15, 0.2) is 24.2 Å². The summed E-state index contributed by atoms with van der Waals surface area (Å²) >= 11 is 0. The molecule has 2 heterocycles. The molecule has 1 unspecified atom stereocenters. The first kappa shape index (κ1) is 22.6. The smallest absolute Gasteiger partial charge is 0.338 e. The lowest BCUT2D eigenvalue weighted by Crippen LogP contribution is -2.33. The fourth-order valence-corrected chi connectivity index (χ4v) is 4.02. The van der Waals surface area contributed by atoms with E-state index in [1.54, 1.807) is 12.1 Å². The first-order chi connectivity index (χ1) is 15.8. The van der Waals surface area contributed by atoms with Gasteiger partial charge in [0, 0.05) is 17.0 Å². The van der Waals surface area contributed by atoms with Gasteiger partial charge in [-0.25, -0.2) is 4.79 Å². The summed E-state index contributed by atoms with van der Waals surface area (Å²) in [5, 5.41) is 0. The number of para-hydroxylation sites is 2. The molecule has 0 fully saturated rings. The first-order valence-corrected chi connectivity index (χ1v) is 11.2. The molecule has 0 saturated heterocycles. The van der Waals surface area contributed by atoms with Crippen molar-refractivity contribution in [3.63, 3.8) is 0 Å². The summed E-state index contributed by atoms with van der Waals surface area (Å²) in [7, 11) is 0. The van der Waals surface area contributed by atoms with Crippen molar-refractivity contribution in [2.24, 2.45) is 0 Å². The molecule has 1 aliphatic heterocycles. The van der Waals surface area contributed by atoms with Crippen LogP contribution in [-0.4, -0.2) is 35.6 Å². The molecule has 0 saturated carbocycles. The van der Waals surface area contributed by atoms with Gasteiger partial charge in [-0.05, 0) is 55.7 Å². The molecule has 0 bridgehead atoms. The maximum absolute atomic E-state index is 12.8. The number of ketones is 1. The van der Waals surface area contributed by atoms with Crippen LogP contribution in [0.15, 0.2) is 54.6 Å². The minimum absolute atomic E-state index is 0.167. The number of fused-ring (bicyclic) bond motifs is 1. The third-order valence-electron chi connectivity index (χ3n) is 5.98. The van der Waals surface area contributed by atoms with E-state index in [1.807, 2.05) is 60.9 Å². The van der Waals surface area contributed by atoms with Crippen LogP contribution in [0.2, 0.25) is 0 Å². The van der Waals surface area contributed by atoms with E-state index in [0.717, 1.165) is 28.5 Å². The average molecular weight is 448 g/mol. The van der Waals surface area contributed by atoms with Gasteiger partial charge < -0.3 is 18.8 Å². The number of carbonyl (C=O) groups is 2. The quantitative estimate of drug-likeness (QED) is 0.372. The summed E-state index contributed by atoms with van der Waals surface area (Å²) in [5.74, 6) is 1.12. The Morgan fingerprint density at radius 1 is 1.06 bits per heavy atom. The van der Waals surface area contributed by atoms with E-state index in [4.69, 9.17) is 14.2 Å². The summed E-state index contributed by atoms with van der Waals surface area (Å²) in [4.78, 5) is 25.2. The molecule has 0 N–H and O–H groups in total. The number of aryl methyl sites for hydroxylation is 1. The zero-order valence-electron chi connectivity index (χ0n) is 19.5. The monoisotopic (exact) mass is 447 g/mol. The van der Waals surface area contributed by atoms with Crippen molar-refractivity contribution in [1.82, 2.24) is 4.57 Å². The Morgan fingerprint density at radius 2 is 1.76 bits per heavy atom. The largest absolute Gasteiger partial charge is 0.486 e. The number of hydrogen-bond acceptors (Lipinski definition) is 5. The number of ether oxygens (including phenoxy) is 3. The van der Waals surface area contributed by atoms with Gasteiger partial charge in [0.25, 0.3) is 0 Å². The summed E-state index contributed by atoms with van der Waals surface area (Å²) in [6.07, 6.45) is -0.167. The van der Waals surface area contributed by atoms with Crippen molar-refractivity contribution in [1.29, 1.82) is 0 Å². The lowest BCUT2D eigenvalue weighted by atomic mass is 10.0. The number of esters is 1. The topological polar surface area (TPSA) is 66.8 Å². The highest BCUT2D eigenvalue weighted by Crippen LogP contribution is 2.31. The molecule has 0 spiro atoms. The van der Waals surface area contributed by atoms with E-state index in [9.17, 15) is 9.59 Å². The van der Waals surface area contributed by atoms with E-state index < -0.39 is 5.97 Å².